The van der Waals surface area contributed by atoms with E-state index < -0.39 is 10.0 Å². The van der Waals surface area contributed by atoms with Crippen LogP contribution in [0.3, 0.4) is 0 Å². The fourth-order valence-corrected chi connectivity index (χ4v) is 6.26. The van der Waals surface area contributed by atoms with Crippen molar-refractivity contribution in [3.05, 3.63) is 40.9 Å². The van der Waals surface area contributed by atoms with Crippen molar-refractivity contribution >= 4 is 21.4 Å². The van der Waals surface area contributed by atoms with E-state index in [4.69, 9.17) is 8.94 Å². The minimum Gasteiger partial charge on any atom is -0.445 e. The Kier molecular flexibility index (Phi) is 4.52. The number of aryl methyl sites for hydroxylation is 2. The van der Waals surface area contributed by atoms with Gasteiger partial charge in [-0.1, -0.05) is 25.9 Å². The van der Waals surface area contributed by atoms with Crippen molar-refractivity contribution in [1.82, 2.24) is 14.4 Å². The zero-order chi connectivity index (χ0) is 20.3. The van der Waals surface area contributed by atoms with Crippen LogP contribution in [0.25, 0.3) is 10.4 Å². The van der Waals surface area contributed by atoms with Gasteiger partial charge < -0.3 is 8.94 Å². The van der Waals surface area contributed by atoms with Crippen molar-refractivity contribution in [2.75, 3.05) is 6.54 Å². The summed E-state index contributed by atoms with van der Waals surface area (Å²) in [6.45, 7) is 10.4. The molecule has 0 N–H and O–H groups in total. The summed E-state index contributed by atoms with van der Waals surface area (Å²) in [6, 6.07) is 3.47. The molecule has 1 aliphatic rings. The third-order valence-corrected chi connectivity index (χ3v) is 8.20. The summed E-state index contributed by atoms with van der Waals surface area (Å²) in [4.78, 5) is 5.40. The Balaban J connectivity index is 1.62. The molecule has 7 nitrogen and oxygen atoms in total. The Morgan fingerprint density at radius 2 is 1.96 bits per heavy atom. The molecule has 0 fully saturated rings. The van der Waals surface area contributed by atoms with Crippen molar-refractivity contribution in [1.29, 1.82) is 0 Å². The van der Waals surface area contributed by atoms with E-state index in [-0.39, 0.29) is 12.0 Å². The molecule has 0 aromatic carbocycles. The number of oxazole rings is 1. The maximum atomic E-state index is 13.2. The lowest BCUT2D eigenvalue weighted by molar-refractivity contribution is 0.339. The van der Waals surface area contributed by atoms with E-state index in [1.165, 1.54) is 15.6 Å². The van der Waals surface area contributed by atoms with Crippen LogP contribution in [0.5, 0.6) is 0 Å². The van der Waals surface area contributed by atoms with Crippen LogP contribution in [0.15, 0.2) is 25.3 Å². The Hall–Kier alpha value is -1.97. The van der Waals surface area contributed by atoms with Gasteiger partial charge in [0.2, 0.25) is 0 Å². The van der Waals surface area contributed by atoms with E-state index in [2.05, 4.69) is 10.1 Å². The second kappa shape index (κ2) is 6.53. The highest BCUT2D eigenvalue weighted by Gasteiger charge is 2.34. The highest BCUT2D eigenvalue weighted by Crippen LogP contribution is 2.37. The second-order valence-electron chi connectivity index (χ2n) is 8.05. The molecule has 0 saturated carbocycles. The van der Waals surface area contributed by atoms with E-state index in [9.17, 15) is 8.42 Å². The summed E-state index contributed by atoms with van der Waals surface area (Å²) in [5, 5.41) is 3.95. The predicted molar refractivity (Wildman–Crippen MR) is 106 cm³/mol. The Bertz CT molecular complexity index is 1110. The molecular weight excluding hydrogens is 398 g/mol. The maximum Gasteiger partial charge on any atom is 0.252 e. The van der Waals surface area contributed by atoms with Crippen molar-refractivity contribution in [2.24, 2.45) is 0 Å². The van der Waals surface area contributed by atoms with Gasteiger partial charge in [-0.05, 0) is 26.0 Å². The molecule has 4 rings (SSSR count). The van der Waals surface area contributed by atoms with E-state index in [1.54, 1.807) is 6.07 Å². The first-order valence-corrected chi connectivity index (χ1v) is 11.4. The average Bonchev–Trinajstić information content (AvgIpc) is 3.32. The van der Waals surface area contributed by atoms with Crippen LogP contribution in [0.4, 0.5) is 0 Å². The molecule has 0 radical (unpaired) electrons. The molecule has 0 aliphatic carbocycles. The Morgan fingerprint density at radius 1 is 1.21 bits per heavy atom. The summed E-state index contributed by atoms with van der Waals surface area (Å²) in [7, 11) is -3.61. The molecule has 0 saturated heterocycles. The maximum absolute atomic E-state index is 13.2. The molecular formula is C19H23N3O4S2. The monoisotopic (exact) mass is 421 g/mol. The van der Waals surface area contributed by atoms with Crippen LogP contribution in [-0.2, 0) is 28.4 Å². The van der Waals surface area contributed by atoms with Crippen molar-refractivity contribution in [3.63, 3.8) is 0 Å². The first kappa shape index (κ1) is 19.4. The Morgan fingerprint density at radius 3 is 2.61 bits per heavy atom. The van der Waals surface area contributed by atoms with Crippen LogP contribution < -0.4 is 0 Å². The lowest BCUT2D eigenvalue weighted by Crippen LogP contribution is -2.35. The number of rotatable bonds is 3. The van der Waals surface area contributed by atoms with Crippen LogP contribution in [0, 0.1) is 13.8 Å². The second-order valence-corrected chi connectivity index (χ2v) is 11.3. The average molecular weight is 422 g/mol. The highest BCUT2D eigenvalue weighted by molar-refractivity contribution is 7.91. The fraction of sp³-hybridized carbons (Fsp3) is 0.474. The van der Waals surface area contributed by atoms with Crippen LogP contribution in [0.2, 0.25) is 0 Å². The largest absolute Gasteiger partial charge is 0.445 e. The van der Waals surface area contributed by atoms with Crippen LogP contribution >= 0.6 is 11.3 Å². The van der Waals surface area contributed by atoms with Gasteiger partial charge in [0.25, 0.3) is 10.0 Å². The molecule has 3 aromatic heterocycles. The quantitative estimate of drug-likeness (QED) is 0.634. The van der Waals surface area contributed by atoms with Crippen LogP contribution in [0.1, 0.15) is 49.6 Å². The molecule has 0 amide bonds. The molecule has 4 heterocycles. The van der Waals surface area contributed by atoms with Crippen molar-refractivity contribution in [3.8, 4) is 10.4 Å². The minimum absolute atomic E-state index is 0.210. The van der Waals surface area contributed by atoms with E-state index in [0.29, 0.717) is 34.5 Å². The van der Waals surface area contributed by atoms with E-state index in [1.807, 2.05) is 40.7 Å². The summed E-state index contributed by atoms with van der Waals surface area (Å²) in [6.07, 6.45) is 0.528. The van der Waals surface area contributed by atoms with E-state index in [0.717, 1.165) is 21.9 Å². The number of hydrogen-bond donors (Lipinski definition) is 0. The number of thiophene rings is 1. The number of hydrogen-bond acceptors (Lipinski definition) is 7. The van der Waals surface area contributed by atoms with Gasteiger partial charge in [0.15, 0.2) is 5.89 Å². The zero-order valence-electron chi connectivity index (χ0n) is 16.6. The van der Waals surface area contributed by atoms with Gasteiger partial charge in [0.05, 0.1) is 23.5 Å². The summed E-state index contributed by atoms with van der Waals surface area (Å²) >= 11 is 1.24. The third kappa shape index (κ3) is 3.21. The number of nitrogens with zero attached hydrogens (tertiary/aromatic N) is 3. The smallest absolute Gasteiger partial charge is 0.252 e. The van der Waals surface area contributed by atoms with Crippen molar-refractivity contribution < 1.29 is 17.4 Å². The highest BCUT2D eigenvalue weighted by atomic mass is 32.2. The number of fused-ring (bicyclic) bond motifs is 1. The fourth-order valence-electron chi connectivity index (χ4n) is 3.26. The molecule has 28 heavy (non-hydrogen) atoms. The topological polar surface area (TPSA) is 89.4 Å². The summed E-state index contributed by atoms with van der Waals surface area (Å²) in [5.41, 5.74) is 2.11. The standard InChI is InChI=1S/C19H23N3O4S2/c1-11-17(12(2)26-21-11)15-6-7-16(27-15)28(23,24)22-9-8-14-13(10-22)20-18(25-14)19(3,4)5/h6-7H,8-10H2,1-5H3. The lowest BCUT2D eigenvalue weighted by Gasteiger charge is -2.23. The summed E-state index contributed by atoms with van der Waals surface area (Å²) in [5.74, 6) is 2.12. The van der Waals surface area contributed by atoms with Gasteiger partial charge in [0, 0.05) is 23.3 Å². The zero-order valence-corrected chi connectivity index (χ0v) is 18.2. The molecule has 0 spiro atoms. The van der Waals surface area contributed by atoms with E-state index >= 15 is 0 Å². The molecule has 1 aliphatic heterocycles. The van der Waals surface area contributed by atoms with Gasteiger partial charge >= 0.3 is 0 Å². The predicted octanol–water partition coefficient (Wildman–Crippen LogP) is 4.05. The molecule has 0 unspecified atom stereocenters. The number of sulfonamides is 1. The van der Waals surface area contributed by atoms with Gasteiger partial charge in [-0.2, -0.15) is 4.31 Å². The third-order valence-electron chi connectivity index (χ3n) is 4.79. The molecule has 150 valence electrons. The van der Waals surface area contributed by atoms with Crippen LogP contribution in [-0.4, -0.2) is 29.4 Å². The first-order valence-electron chi connectivity index (χ1n) is 9.09. The van der Waals surface area contributed by atoms with Gasteiger partial charge in [0.1, 0.15) is 15.7 Å². The molecule has 0 atom stereocenters. The Labute approximate surface area is 168 Å². The SMILES string of the molecule is Cc1noc(C)c1-c1ccc(S(=O)(=O)N2CCc3oc(C(C)(C)C)nc3C2)s1. The van der Waals surface area contributed by atoms with Gasteiger partial charge in [-0.15, -0.1) is 11.3 Å². The first-order chi connectivity index (χ1) is 13.1. The van der Waals surface area contributed by atoms with Crippen molar-refractivity contribution in [2.45, 2.75) is 57.2 Å². The normalized spacial score (nSPS) is 15.8. The summed E-state index contributed by atoms with van der Waals surface area (Å²) < 4.78 is 39.3. The number of aromatic nitrogens is 2. The lowest BCUT2D eigenvalue weighted by atomic mass is 9.97. The molecule has 9 heteroatoms. The minimum atomic E-state index is -3.61. The van der Waals surface area contributed by atoms with Gasteiger partial charge in [-0.25, -0.2) is 13.4 Å². The molecule has 3 aromatic rings. The van der Waals surface area contributed by atoms with Gasteiger partial charge in [-0.3, -0.25) is 0 Å². The molecule has 0 bridgehead atoms.